The summed E-state index contributed by atoms with van der Waals surface area (Å²) < 4.78 is 0. The van der Waals surface area contributed by atoms with Gasteiger partial charge in [0.05, 0.1) is 11.4 Å². The summed E-state index contributed by atoms with van der Waals surface area (Å²) in [6, 6.07) is 9.35. The number of aliphatic hydroxyl groups is 1. The molecule has 3 fully saturated rings. The van der Waals surface area contributed by atoms with E-state index in [0.717, 1.165) is 18.5 Å². The van der Waals surface area contributed by atoms with E-state index in [2.05, 4.69) is 9.89 Å². The van der Waals surface area contributed by atoms with Gasteiger partial charge in [-0.05, 0) is 44.2 Å². The van der Waals surface area contributed by atoms with Crippen LogP contribution in [0.4, 0.5) is 11.4 Å². The third-order valence-electron chi connectivity index (χ3n) is 8.54. The maximum Gasteiger partial charge on any atom is 0.355 e. The van der Waals surface area contributed by atoms with E-state index >= 15 is 0 Å². The van der Waals surface area contributed by atoms with Crippen molar-refractivity contribution in [2.24, 2.45) is 4.99 Å². The number of anilines is 1. The molecule has 3 heterocycles. The minimum atomic E-state index is -1.19. The van der Waals surface area contributed by atoms with Gasteiger partial charge in [0.25, 0.3) is 0 Å². The molecule has 1 unspecified atom stereocenters. The number of nitrogens with zero attached hydrogens (tertiary/aromatic N) is 3. The van der Waals surface area contributed by atoms with Crippen molar-refractivity contribution < 1.29 is 15.0 Å². The van der Waals surface area contributed by atoms with Crippen LogP contribution in [-0.2, 0) is 4.79 Å². The molecule has 0 aromatic heterocycles. The van der Waals surface area contributed by atoms with Gasteiger partial charge in [-0.15, -0.1) is 0 Å². The molecule has 1 aromatic rings. The first kappa shape index (κ1) is 22.9. The van der Waals surface area contributed by atoms with Gasteiger partial charge in [-0.2, -0.15) is 0 Å². The average Bonchev–Trinajstić information content (AvgIpc) is 3.37. The number of rotatable bonds is 3. The van der Waals surface area contributed by atoms with Crippen molar-refractivity contribution in [1.82, 2.24) is 4.90 Å². The van der Waals surface area contributed by atoms with Crippen LogP contribution in [0, 0.1) is 0 Å². The Morgan fingerprint density at radius 3 is 2.12 bits per heavy atom. The molecule has 4 atom stereocenters. The number of para-hydroxylation sites is 2. The Hall–Kier alpha value is -1.92. The Labute approximate surface area is 197 Å². The summed E-state index contributed by atoms with van der Waals surface area (Å²) in [7, 11) is 0. The van der Waals surface area contributed by atoms with Crippen LogP contribution in [0.5, 0.6) is 0 Å². The second-order valence-electron chi connectivity index (χ2n) is 10.5. The molecule has 4 aliphatic rings. The van der Waals surface area contributed by atoms with Crippen LogP contribution in [0.3, 0.4) is 0 Å². The number of benzene rings is 1. The number of carboxylic acids is 1. The highest BCUT2D eigenvalue weighted by Gasteiger charge is 2.53. The molecular weight excluding hydrogens is 414 g/mol. The van der Waals surface area contributed by atoms with Gasteiger partial charge in [-0.25, -0.2) is 9.79 Å². The Morgan fingerprint density at radius 1 is 0.818 bits per heavy atom. The van der Waals surface area contributed by atoms with Crippen LogP contribution in [0.1, 0.15) is 89.9 Å². The number of hydrogen-bond donors (Lipinski definition) is 2. The first-order valence-corrected chi connectivity index (χ1v) is 13.3. The van der Waals surface area contributed by atoms with E-state index < -0.39 is 12.2 Å². The van der Waals surface area contributed by atoms with Crippen LogP contribution in [0.15, 0.2) is 29.3 Å². The van der Waals surface area contributed by atoms with Gasteiger partial charge in [0, 0.05) is 24.2 Å². The van der Waals surface area contributed by atoms with E-state index in [1.54, 1.807) is 0 Å². The SMILES string of the molecule is O=C(O)C1=Nc2ccccc2N([C@@H]2C[C@@H]3CC[C@H]2N3C2CCCCCCCCCCC2)C1O. The third kappa shape index (κ3) is 4.57. The van der Waals surface area contributed by atoms with Gasteiger partial charge >= 0.3 is 5.97 Å². The highest BCUT2D eigenvalue weighted by atomic mass is 16.4. The normalized spacial score (nSPS) is 32.0. The topological polar surface area (TPSA) is 76.4 Å². The zero-order valence-corrected chi connectivity index (χ0v) is 19.7. The summed E-state index contributed by atoms with van der Waals surface area (Å²) in [4.78, 5) is 20.9. The number of hydrogen-bond acceptors (Lipinski definition) is 5. The van der Waals surface area contributed by atoms with Crippen molar-refractivity contribution in [1.29, 1.82) is 0 Å². The van der Waals surface area contributed by atoms with Crippen molar-refractivity contribution in [2.45, 2.75) is 120 Å². The lowest BCUT2D eigenvalue weighted by molar-refractivity contribution is -0.129. The Morgan fingerprint density at radius 2 is 1.45 bits per heavy atom. The fourth-order valence-electron chi connectivity index (χ4n) is 7.05. The fraction of sp³-hybridized carbons (Fsp3) is 0.704. The second-order valence-corrected chi connectivity index (χ2v) is 10.5. The molecule has 3 aliphatic heterocycles. The number of fused-ring (bicyclic) bond motifs is 3. The van der Waals surface area contributed by atoms with Gasteiger partial charge in [-0.1, -0.05) is 69.9 Å². The highest BCUT2D eigenvalue weighted by Crippen LogP contribution is 2.47. The Balaban J connectivity index is 1.38. The van der Waals surface area contributed by atoms with Gasteiger partial charge in [0.1, 0.15) is 0 Å². The summed E-state index contributed by atoms with van der Waals surface area (Å²) in [5, 5.41) is 20.8. The van der Waals surface area contributed by atoms with Crippen molar-refractivity contribution in [3.05, 3.63) is 24.3 Å². The molecule has 180 valence electrons. The van der Waals surface area contributed by atoms with Gasteiger partial charge < -0.3 is 15.1 Å². The maximum absolute atomic E-state index is 11.9. The number of carbonyl (C=O) groups is 1. The van der Waals surface area contributed by atoms with E-state index in [0.29, 0.717) is 23.8 Å². The van der Waals surface area contributed by atoms with Crippen LogP contribution in [0.2, 0.25) is 0 Å². The average molecular weight is 454 g/mol. The summed E-state index contributed by atoms with van der Waals surface area (Å²) in [5.74, 6) is -1.14. The smallest absolute Gasteiger partial charge is 0.355 e. The predicted molar refractivity (Wildman–Crippen MR) is 131 cm³/mol. The summed E-state index contributed by atoms with van der Waals surface area (Å²) in [6.45, 7) is 0. The van der Waals surface area contributed by atoms with Crippen LogP contribution in [0.25, 0.3) is 0 Å². The number of carboxylic acid groups (broad SMARTS) is 1. The van der Waals surface area contributed by atoms with E-state index in [-0.39, 0.29) is 11.8 Å². The zero-order chi connectivity index (χ0) is 22.8. The first-order chi connectivity index (χ1) is 16.1. The summed E-state index contributed by atoms with van der Waals surface area (Å²) >= 11 is 0. The molecule has 2 saturated heterocycles. The standard InChI is InChI=1S/C27H39N3O3/c31-26-25(27(32)33)28-21-14-10-11-15-22(21)30(26)24-18-20-16-17-23(24)29(20)19-12-8-6-4-2-1-3-5-7-9-13-19/h10-11,14-15,19-20,23-24,26,31H,1-9,12-13,16-18H2,(H,32,33)/t20-,23+,24+,26?/m0/s1. The molecule has 0 radical (unpaired) electrons. The largest absolute Gasteiger partial charge is 0.477 e. The lowest BCUT2D eigenvalue weighted by atomic mass is 9.92. The van der Waals surface area contributed by atoms with Crippen molar-refractivity contribution >= 4 is 23.1 Å². The molecule has 2 N–H and O–H groups in total. The third-order valence-corrected chi connectivity index (χ3v) is 8.54. The lowest BCUT2D eigenvalue weighted by Crippen LogP contribution is -2.55. The van der Waals surface area contributed by atoms with Gasteiger partial charge in [0.15, 0.2) is 11.9 Å². The molecule has 1 saturated carbocycles. The van der Waals surface area contributed by atoms with E-state index in [1.165, 1.54) is 77.0 Å². The van der Waals surface area contributed by atoms with Crippen LogP contribution < -0.4 is 4.90 Å². The molecule has 0 spiro atoms. The van der Waals surface area contributed by atoms with Gasteiger partial charge in [-0.3, -0.25) is 4.90 Å². The minimum absolute atomic E-state index is 0.131. The Kier molecular flexibility index (Phi) is 7.02. The molecule has 0 amide bonds. The molecule has 1 aromatic carbocycles. The molecule has 33 heavy (non-hydrogen) atoms. The maximum atomic E-state index is 11.9. The Bertz CT molecular complexity index is 860. The highest BCUT2D eigenvalue weighted by molar-refractivity contribution is 6.39. The van der Waals surface area contributed by atoms with E-state index in [1.807, 2.05) is 29.2 Å². The molecule has 1 aliphatic carbocycles. The summed E-state index contributed by atoms with van der Waals surface area (Å²) in [6.07, 6.45) is 17.0. The number of aliphatic hydroxyl groups excluding tert-OH is 1. The fourth-order valence-corrected chi connectivity index (χ4v) is 7.05. The van der Waals surface area contributed by atoms with Crippen LogP contribution in [-0.4, -0.2) is 57.2 Å². The summed E-state index contributed by atoms with van der Waals surface area (Å²) in [5.41, 5.74) is 1.36. The number of aliphatic carboxylic acids is 1. The van der Waals surface area contributed by atoms with E-state index in [4.69, 9.17) is 0 Å². The lowest BCUT2D eigenvalue weighted by Gasteiger charge is -2.42. The molecular formula is C27H39N3O3. The number of aliphatic imine (C=N–C) groups is 1. The van der Waals surface area contributed by atoms with Crippen molar-refractivity contribution in [2.75, 3.05) is 4.90 Å². The molecule has 5 rings (SSSR count). The zero-order valence-electron chi connectivity index (χ0n) is 19.7. The van der Waals surface area contributed by atoms with Crippen LogP contribution >= 0.6 is 0 Å². The van der Waals surface area contributed by atoms with Crippen molar-refractivity contribution in [3.63, 3.8) is 0 Å². The molecule has 6 nitrogen and oxygen atoms in total. The first-order valence-electron chi connectivity index (χ1n) is 13.3. The second kappa shape index (κ2) is 10.1. The molecule has 6 heteroatoms. The predicted octanol–water partition coefficient (Wildman–Crippen LogP) is 5.26. The van der Waals surface area contributed by atoms with Crippen molar-refractivity contribution in [3.8, 4) is 0 Å². The van der Waals surface area contributed by atoms with Gasteiger partial charge in [0.2, 0.25) is 0 Å². The minimum Gasteiger partial charge on any atom is -0.477 e. The molecule has 2 bridgehead atoms. The monoisotopic (exact) mass is 453 g/mol. The van der Waals surface area contributed by atoms with E-state index in [9.17, 15) is 15.0 Å². The quantitative estimate of drug-likeness (QED) is 0.653.